The lowest BCUT2D eigenvalue weighted by Gasteiger charge is -2.08. The predicted octanol–water partition coefficient (Wildman–Crippen LogP) is 9.07. The molecule has 32 heavy (non-hydrogen) atoms. The Bertz CT molecular complexity index is 386. The summed E-state index contributed by atoms with van der Waals surface area (Å²) in [4.78, 5) is 2.25. The van der Waals surface area contributed by atoms with Crippen LogP contribution in [-0.2, 0) is 0 Å². The lowest BCUT2D eigenvalue weighted by Crippen LogP contribution is -2.21. The second kappa shape index (κ2) is 28.4. The number of rotatable bonds is 26. The van der Waals surface area contributed by atoms with Gasteiger partial charge in [0.2, 0.25) is 0 Å². The topological polar surface area (TPSA) is 15.3 Å². The van der Waals surface area contributed by atoms with E-state index >= 15 is 0 Å². The molecule has 0 saturated heterocycles. The standard InChI is InChI=1S/C30H60N2/c1-4-5-6-7-8-9-10-11-12-13-14-15-16-17-18-19-20-21-22-23-24-25-26-28-31-29-27-30-32(2)3/h11-12,25-26,31H,4-10,13-24,27-30H2,1-3H3. The first kappa shape index (κ1) is 31.4. The van der Waals surface area contributed by atoms with Crippen LogP contribution in [0.4, 0.5) is 0 Å². The molecule has 0 aliphatic carbocycles. The highest BCUT2D eigenvalue weighted by molar-refractivity contribution is 4.83. The predicted molar refractivity (Wildman–Crippen MR) is 148 cm³/mol. The van der Waals surface area contributed by atoms with Crippen molar-refractivity contribution in [3.63, 3.8) is 0 Å². The minimum Gasteiger partial charge on any atom is -0.313 e. The van der Waals surface area contributed by atoms with Gasteiger partial charge in [0.1, 0.15) is 0 Å². The fourth-order valence-electron chi connectivity index (χ4n) is 4.12. The molecule has 1 N–H and O–H groups in total. The Hall–Kier alpha value is -0.600. The first-order valence-corrected chi connectivity index (χ1v) is 14.4. The third-order valence-electron chi connectivity index (χ3n) is 6.27. The van der Waals surface area contributed by atoms with Crippen LogP contribution in [0.15, 0.2) is 24.3 Å². The Morgan fingerprint density at radius 1 is 0.500 bits per heavy atom. The maximum Gasteiger partial charge on any atom is 0.0134 e. The fraction of sp³-hybridized carbons (Fsp3) is 0.867. The van der Waals surface area contributed by atoms with Gasteiger partial charge < -0.3 is 10.2 Å². The summed E-state index contributed by atoms with van der Waals surface area (Å²) < 4.78 is 0. The number of nitrogens with one attached hydrogen (secondary N) is 1. The summed E-state index contributed by atoms with van der Waals surface area (Å²) in [6.45, 7) is 5.62. The van der Waals surface area contributed by atoms with Gasteiger partial charge in [0.25, 0.3) is 0 Å². The third-order valence-corrected chi connectivity index (χ3v) is 6.27. The van der Waals surface area contributed by atoms with Crippen molar-refractivity contribution in [2.24, 2.45) is 0 Å². The summed E-state index contributed by atoms with van der Waals surface area (Å²) in [5.74, 6) is 0. The first-order chi connectivity index (χ1) is 15.8. The molecule has 0 fully saturated rings. The maximum absolute atomic E-state index is 3.49. The van der Waals surface area contributed by atoms with Crippen molar-refractivity contribution in [1.29, 1.82) is 0 Å². The number of allylic oxidation sites excluding steroid dienone is 3. The number of hydrogen-bond donors (Lipinski definition) is 1. The minimum atomic E-state index is 1.03. The Morgan fingerprint density at radius 3 is 1.34 bits per heavy atom. The van der Waals surface area contributed by atoms with Crippen molar-refractivity contribution in [3.05, 3.63) is 24.3 Å². The molecule has 0 saturated carbocycles. The number of nitrogens with zero attached hydrogens (tertiary/aromatic N) is 1. The van der Waals surface area contributed by atoms with Crippen LogP contribution in [0.25, 0.3) is 0 Å². The zero-order chi connectivity index (χ0) is 23.4. The Labute approximate surface area is 203 Å². The molecule has 0 radical (unpaired) electrons. The largest absolute Gasteiger partial charge is 0.313 e. The molecule has 190 valence electrons. The lowest BCUT2D eigenvalue weighted by atomic mass is 10.0. The third kappa shape index (κ3) is 29.4. The quantitative estimate of drug-likeness (QED) is 0.105. The monoisotopic (exact) mass is 448 g/mol. The lowest BCUT2D eigenvalue weighted by molar-refractivity contribution is 0.396. The molecular formula is C30H60N2. The van der Waals surface area contributed by atoms with Crippen molar-refractivity contribution in [2.45, 2.75) is 135 Å². The highest BCUT2D eigenvalue weighted by atomic mass is 15.0. The van der Waals surface area contributed by atoms with Crippen LogP contribution in [0.1, 0.15) is 135 Å². The second-order valence-corrected chi connectivity index (χ2v) is 9.97. The van der Waals surface area contributed by atoms with Crippen molar-refractivity contribution in [3.8, 4) is 0 Å². The molecule has 0 aromatic rings. The molecule has 0 aromatic carbocycles. The van der Waals surface area contributed by atoms with Crippen molar-refractivity contribution in [1.82, 2.24) is 10.2 Å². The Kier molecular flexibility index (Phi) is 27.9. The van der Waals surface area contributed by atoms with Crippen LogP contribution in [0.3, 0.4) is 0 Å². The van der Waals surface area contributed by atoms with Crippen LogP contribution in [0.2, 0.25) is 0 Å². The van der Waals surface area contributed by atoms with Gasteiger partial charge in [0.15, 0.2) is 0 Å². The summed E-state index contributed by atoms with van der Waals surface area (Å²) in [6.07, 6.45) is 37.4. The Morgan fingerprint density at radius 2 is 0.906 bits per heavy atom. The van der Waals surface area contributed by atoms with Crippen LogP contribution in [-0.4, -0.2) is 38.6 Å². The van der Waals surface area contributed by atoms with Crippen molar-refractivity contribution < 1.29 is 0 Å². The molecule has 2 heteroatoms. The molecule has 0 heterocycles. The molecule has 0 bridgehead atoms. The van der Waals surface area contributed by atoms with Crippen molar-refractivity contribution in [2.75, 3.05) is 33.7 Å². The van der Waals surface area contributed by atoms with E-state index in [0.29, 0.717) is 0 Å². The summed E-state index contributed by atoms with van der Waals surface area (Å²) >= 11 is 0. The highest BCUT2D eigenvalue weighted by Crippen LogP contribution is 2.13. The van der Waals surface area contributed by atoms with Gasteiger partial charge in [-0.2, -0.15) is 0 Å². The second-order valence-electron chi connectivity index (χ2n) is 9.97. The van der Waals surface area contributed by atoms with E-state index < -0.39 is 0 Å². The minimum absolute atomic E-state index is 1.03. The molecule has 0 rings (SSSR count). The first-order valence-electron chi connectivity index (χ1n) is 14.4. The molecule has 0 atom stereocenters. The summed E-state index contributed by atoms with van der Waals surface area (Å²) in [5.41, 5.74) is 0. The van der Waals surface area contributed by atoms with E-state index in [1.807, 2.05) is 0 Å². The van der Waals surface area contributed by atoms with Crippen molar-refractivity contribution >= 4 is 0 Å². The summed E-state index contributed by atoms with van der Waals surface area (Å²) in [6, 6.07) is 0. The van der Waals surface area contributed by atoms with E-state index in [2.05, 4.69) is 55.5 Å². The molecule has 2 nitrogen and oxygen atoms in total. The molecule has 0 unspecified atom stereocenters. The zero-order valence-corrected chi connectivity index (χ0v) is 22.5. The van der Waals surface area contributed by atoms with Gasteiger partial charge in [-0.3, -0.25) is 0 Å². The van der Waals surface area contributed by atoms with Crippen LogP contribution in [0.5, 0.6) is 0 Å². The zero-order valence-electron chi connectivity index (χ0n) is 22.5. The number of unbranched alkanes of at least 4 members (excludes halogenated alkanes) is 17. The fourth-order valence-corrected chi connectivity index (χ4v) is 4.12. The highest BCUT2D eigenvalue weighted by Gasteiger charge is 1.93. The molecule has 0 spiro atoms. The van der Waals surface area contributed by atoms with E-state index in [-0.39, 0.29) is 0 Å². The van der Waals surface area contributed by atoms with E-state index in [4.69, 9.17) is 0 Å². The van der Waals surface area contributed by atoms with Crippen LogP contribution < -0.4 is 5.32 Å². The van der Waals surface area contributed by atoms with Gasteiger partial charge in [-0.1, -0.05) is 115 Å². The molecular weight excluding hydrogens is 388 g/mol. The van der Waals surface area contributed by atoms with Crippen LogP contribution >= 0.6 is 0 Å². The molecule has 0 amide bonds. The molecule has 0 aliphatic rings. The van der Waals surface area contributed by atoms with Gasteiger partial charge in [-0.15, -0.1) is 0 Å². The summed E-state index contributed by atoms with van der Waals surface area (Å²) in [5, 5.41) is 3.49. The van der Waals surface area contributed by atoms with Crippen LogP contribution in [0, 0.1) is 0 Å². The van der Waals surface area contributed by atoms with Gasteiger partial charge in [0, 0.05) is 6.54 Å². The normalized spacial score (nSPS) is 12.1. The van der Waals surface area contributed by atoms with Gasteiger partial charge in [-0.05, 0) is 72.1 Å². The van der Waals surface area contributed by atoms with Gasteiger partial charge in [0.05, 0.1) is 0 Å². The number of hydrogen-bond acceptors (Lipinski definition) is 2. The average molecular weight is 449 g/mol. The Balaban J connectivity index is 3.11. The van der Waals surface area contributed by atoms with E-state index in [9.17, 15) is 0 Å². The smallest absolute Gasteiger partial charge is 0.0134 e. The van der Waals surface area contributed by atoms with E-state index in [1.165, 1.54) is 135 Å². The van der Waals surface area contributed by atoms with E-state index in [0.717, 1.165) is 13.1 Å². The maximum atomic E-state index is 3.49. The average Bonchev–Trinajstić information content (AvgIpc) is 2.78. The van der Waals surface area contributed by atoms with Gasteiger partial charge >= 0.3 is 0 Å². The molecule has 0 aliphatic heterocycles. The summed E-state index contributed by atoms with van der Waals surface area (Å²) in [7, 11) is 4.27. The van der Waals surface area contributed by atoms with E-state index in [1.54, 1.807) is 0 Å². The van der Waals surface area contributed by atoms with Gasteiger partial charge in [-0.25, -0.2) is 0 Å². The molecule has 0 aromatic heterocycles. The SMILES string of the molecule is CCCCCCCCC=CCCCCCCCCCCCCC=CCNCCCN(C)C.